The van der Waals surface area contributed by atoms with Gasteiger partial charge < -0.3 is 9.84 Å². The molecule has 5 heteroatoms. The average Bonchev–Trinajstić information content (AvgIpc) is 3.19. The third kappa shape index (κ3) is 3.85. The van der Waals surface area contributed by atoms with Crippen molar-refractivity contribution < 1.29 is 14.7 Å². The van der Waals surface area contributed by atoms with Crippen molar-refractivity contribution in [1.29, 1.82) is 0 Å². The lowest BCUT2D eigenvalue weighted by Gasteiger charge is -2.54. The molecule has 0 aromatic heterocycles. The molecule has 2 N–H and O–H groups in total. The summed E-state index contributed by atoms with van der Waals surface area (Å²) in [5.74, 6) is 0.191. The Hall–Kier alpha value is -1.36. The van der Waals surface area contributed by atoms with Crippen molar-refractivity contribution >= 4 is 23.2 Å². The molecule has 4 rings (SSSR count). The molecule has 2 aromatic rings. The maximum absolute atomic E-state index is 12.7. The Balaban J connectivity index is 1.95. The molecule has 2 unspecified atom stereocenters. The van der Waals surface area contributed by atoms with Crippen molar-refractivity contribution in [3.05, 3.63) is 82.4 Å². The van der Waals surface area contributed by atoms with Crippen LogP contribution in [0.5, 0.6) is 0 Å². The summed E-state index contributed by atoms with van der Waals surface area (Å²) in [6, 6.07) is 15.7. The van der Waals surface area contributed by atoms with Crippen molar-refractivity contribution in [3.63, 3.8) is 0 Å². The van der Waals surface area contributed by atoms with Gasteiger partial charge in [-0.2, -0.15) is 0 Å². The van der Waals surface area contributed by atoms with Gasteiger partial charge in [0.15, 0.2) is 0 Å². The smallest absolute Gasteiger partial charge is 0.235 e. The zero-order valence-electron chi connectivity index (χ0n) is 18.4. The molecule has 0 aliphatic carbocycles. The van der Waals surface area contributed by atoms with Crippen LogP contribution in [0, 0.1) is 11.3 Å². The first-order chi connectivity index (χ1) is 14.7. The number of halogens is 2. The number of hydrogen-bond acceptors (Lipinski definition) is 2. The van der Waals surface area contributed by atoms with Gasteiger partial charge in [0.25, 0.3) is 0 Å². The van der Waals surface area contributed by atoms with Crippen LogP contribution in [0.15, 0.2) is 61.2 Å². The molecule has 0 saturated carbocycles. The largest absolute Gasteiger partial charge is 0.338 e. The van der Waals surface area contributed by atoms with Crippen molar-refractivity contribution in [2.75, 3.05) is 6.61 Å². The predicted octanol–water partition coefficient (Wildman–Crippen LogP) is 5.17. The summed E-state index contributed by atoms with van der Waals surface area (Å²) >= 11 is 12.6. The molecule has 0 spiro atoms. The van der Waals surface area contributed by atoms with E-state index in [4.69, 9.17) is 27.9 Å². The van der Waals surface area contributed by atoms with E-state index in [2.05, 4.69) is 33.4 Å². The molecule has 31 heavy (non-hydrogen) atoms. The van der Waals surface area contributed by atoms with Gasteiger partial charge in [-0.15, -0.1) is 6.58 Å². The molecule has 2 heterocycles. The Morgan fingerprint density at radius 3 is 2.52 bits per heavy atom. The van der Waals surface area contributed by atoms with Gasteiger partial charge in [-0.05, 0) is 54.8 Å². The normalized spacial score (nSPS) is 35.2. The molecule has 2 saturated heterocycles. The van der Waals surface area contributed by atoms with E-state index in [1.165, 1.54) is 0 Å². The van der Waals surface area contributed by atoms with Gasteiger partial charge in [0, 0.05) is 21.5 Å². The standard InChI is InChI=1S/C26H31Cl2NO2/c1-5-13-25(4)15-22(18-7-6-8-21(28)14-18)26(30,19-9-11-20(27)12-10-19)29-23(17(2)3)16-31-24(25)29/h5-12,14,17,22-24,30H,1,13,15-16H2,2-4H3/p+1/t22-,23-,24?,25+,26+/m1/s1. The van der Waals surface area contributed by atoms with E-state index in [9.17, 15) is 5.11 Å². The van der Waals surface area contributed by atoms with Crippen LogP contribution in [-0.4, -0.2) is 24.0 Å². The summed E-state index contributed by atoms with van der Waals surface area (Å²) < 4.78 is 6.45. The Labute approximate surface area is 195 Å². The van der Waals surface area contributed by atoms with Crippen molar-refractivity contribution in [1.82, 2.24) is 0 Å². The van der Waals surface area contributed by atoms with Crippen LogP contribution in [0.25, 0.3) is 0 Å². The fourth-order valence-corrected chi connectivity index (χ4v) is 6.11. The monoisotopic (exact) mass is 460 g/mol. The van der Waals surface area contributed by atoms with Crippen molar-refractivity contribution in [2.45, 2.75) is 57.5 Å². The fourth-order valence-electron chi connectivity index (χ4n) is 5.78. The summed E-state index contributed by atoms with van der Waals surface area (Å²) in [6.45, 7) is 11.3. The zero-order valence-corrected chi connectivity index (χ0v) is 20.0. The highest BCUT2D eigenvalue weighted by Crippen LogP contribution is 2.50. The van der Waals surface area contributed by atoms with Crippen LogP contribution in [-0.2, 0) is 10.5 Å². The molecular formula is C26H32Cl2NO2+. The lowest BCUT2D eigenvalue weighted by atomic mass is 9.65. The van der Waals surface area contributed by atoms with Gasteiger partial charge in [-0.3, -0.25) is 4.90 Å². The van der Waals surface area contributed by atoms with Gasteiger partial charge in [-0.1, -0.05) is 62.2 Å². The lowest BCUT2D eigenvalue weighted by molar-refractivity contribution is -1.04. The van der Waals surface area contributed by atoms with Crippen LogP contribution in [0.3, 0.4) is 0 Å². The van der Waals surface area contributed by atoms with Crippen molar-refractivity contribution in [3.8, 4) is 0 Å². The van der Waals surface area contributed by atoms with E-state index in [0.717, 1.165) is 28.9 Å². The number of aliphatic hydroxyl groups is 1. The van der Waals surface area contributed by atoms with Crippen LogP contribution >= 0.6 is 23.2 Å². The Bertz CT molecular complexity index is 947. The van der Waals surface area contributed by atoms with Crippen LogP contribution < -0.4 is 4.90 Å². The summed E-state index contributed by atoms with van der Waals surface area (Å²) in [5, 5.41) is 14.0. The number of fused-ring (bicyclic) bond motifs is 1. The highest BCUT2D eigenvalue weighted by atomic mass is 35.5. The number of nitrogens with one attached hydrogen (secondary N) is 1. The molecule has 0 amide bonds. The van der Waals surface area contributed by atoms with Crippen molar-refractivity contribution in [2.24, 2.45) is 11.3 Å². The number of hydrogen-bond donors (Lipinski definition) is 2. The lowest BCUT2D eigenvalue weighted by Crippen LogP contribution is -3.26. The van der Waals surface area contributed by atoms with Gasteiger partial charge in [0.1, 0.15) is 12.6 Å². The third-order valence-electron chi connectivity index (χ3n) is 7.32. The molecule has 0 radical (unpaired) electrons. The maximum atomic E-state index is 12.7. The predicted molar refractivity (Wildman–Crippen MR) is 126 cm³/mol. The van der Waals surface area contributed by atoms with Crippen LogP contribution in [0.2, 0.25) is 10.0 Å². The number of ether oxygens (including phenoxy) is 1. The first kappa shape index (κ1) is 22.8. The van der Waals surface area contributed by atoms with Gasteiger partial charge in [-0.25, -0.2) is 0 Å². The second kappa shape index (κ2) is 8.53. The maximum Gasteiger partial charge on any atom is 0.235 e. The second-order valence-electron chi connectivity index (χ2n) is 9.75. The Kier molecular flexibility index (Phi) is 6.28. The zero-order chi connectivity index (χ0) is 22.4. The molecule has 2 aliphatic rings. The topological polar surface area (TPSA) is 33.9 Å². The second-order valence-corrected chi connectivity index (χ2v) is 10.6. The number of piperidine rings is 1. The van der Waals surface area contributed by atoms with E-state index < -0.39 is 5.72 Å². The summed E-state index contributed by atoms with van der Waals surface area (Å²) in [5.41, 5.74) is 0.567. The molecule has 2 aromatic carbocycles. The SMILES string of the molecule is C=CC[C@@]1(C)C[C@H](c2cccc(Cl)c2)[C@@](O)(c2ccc(Cl)cc2)[NH+]2C1OC[C@@H]2C(C)C. The summed E-state index contributed by atoms with van der Waals surface area (Å²) in [6.07, 6.45) is 3.43. The highest BCUT2D eigenvalue weighted by Gasteiger charge is 2.66. The van der Waals surface area contributed by atoms with E-state index in [1.807, 2.05) is 48.5 Å². The first-order valence-electron chi connectivity index (χ1n) is 11.0. The molecule has 6 atom stereocenters. The van der Waals surface area contributed by atoms with E-state index >= 15 is 0 Å². The molecule has 2 fully saturated rings. The van der Waals surface area contributed by atoms with E-state index in [0.29, 0.717) is 22.6 Å². The number of benzene rings is 2. The number of allylic oxidation sites excluding steroid dienone is 1. The van der Waals surface area contributed by atoms with Gasteiger partial charge in [0.2, 0.25) is 12.0 Å². The molecule has 166 valence electrons. The highest BCUT2D eigenvalue weighted by molar-refractivity contribution is 6.30. The molecule has 0 bridgehead atoms. The minimum Gasteiger partial charge on any atom is -0.338 e. The first-order valence-corrected chi connectivity index (χ1v) is 11.8. The molecule has 2 aliphatic heterocycles. The molecule has 3 nitrogen and oxygen atoms in total. The third-order valence-corrected chi connectivity index (χ3v) is 7.81. The minimum absolute atomic E-state index is 0.131. The average molecular weight is 461 g/mol. The Morgan fingerprint density at radius 2 is 1.90 bits per heavy atom. The molecular weight excluding hydrogens is 429 g/mol. The fraction of sp³-hybridized carbons (Fsp3) is 0.462. The van der Waals surface area contributed by atoms with Gasteiger partial charge in [0.05, 0.1) is 11.3 Å². The van der Waals surface area contributed by atoms with Gasteiger partial charge >= 0.3 is 0 Å². The minimum atomic E-state index is -1.17. The number of quaternary nitrogens is 1. The van der Waals surface area contributed by atoms with E-state index in [1.54, 1.807) is 0 Å². The quantitative estimate of drug-likeness (QED) is 0.603. The van der Waals surface area contributed by atoms with E-state index in [-0.39, 0.29) is 23.6 Å². The summed E-state index contributed by atoms with van der Waals surface area (Å²) in [4.78, 5) is 1.09. The van der Waals surface area contributed by atoms with Crippen LogP contribution in [0.1, 0.15) is 50.7 Å². The van der Waals surface area contributed by atoms with Crippen LogP contribution in [0.4, 0.5) is 0 Å². The Morgan fingerprint density at radius 1 is 1.19 bits per heavy atom. The summed E-state index contributed by atoms with van der Waals surface area (Å²) in [7, 11) is 0. The number of rotatable bonds is 5.